The first-order chi connectivity index (χ1) is 18.2. The van der Waals surface area contributed by atoms with Gasteiger partial charge < -0.3 is 14.8 Å². The maximum Gasteiger partial charge on any atom is 0.416 e. The molecule has 0 unspecified atom stereocenters. The van der Waals surface area contributed by atoms with Crippen LogP contribution in [-0.2, 0) is 25.8 Å². The van der Waals surface area contributed by atoms with Crippen LogP contribution in [0.3, 0.4) is 0 Å². The van der Waals surface area contributed by atoms with E-state index in [4.69, 9.17) is 9.47 Å². The Kier molecular flexibility index (Phi) is 7.35. The second-order valence-electron chi connectivity index (χ2n) is 8.98. The van der Waals surface area contributed by atoms with Crippen molar-refractivity contribution in [2.75, 3.05) is 12.1 Å². The number of nitrogens with zero attached hydrogens (tertiary/aromatic N) is 2. The fraction of sp³-hybridized carbons (Fsp3) is 0.214. The minimum absolute atomic E-state index is 0.152. The van der Waals surface area contributed by atoms with Gasteiger partial charge in [-0.1, -0.05) is 42.0 Å². The lowest BCUT2D eigenvalue weighted by atomic mass is 10.1. The number of carbonyl (C=O) groups excluding carboxylic acids is 1. The number of alkyl halides is 3. The molecule has 38 heavy (non-hydrogen) atoms. The standard InChI is InChI=1S/C28H24F3N3O3S/c1-18-5-8-22(9-6-18)32-27(35)23-16-38-26(33-23)15-34(13-19-3-2-4-21(11-19)28(29,30)31)14-20-7-10-24-25(12-20)37-17-36-24/h2-12,16H,13-15,17H2,1H3,(H,32,35). The van der Waals surface area contributed by atoms with Crippen LogP contribution in [0.2, 0.25) is 0 Å². The van der Waals surface area contributed by atoms with E-state index in [0.717, 1.165) is 23.3 Å². The summed E-state index contributed by atoms with van der Waals surface area (Å²) in [6.45, 7) is 3.14. The van der Waals surface area contributed by atoms with Gasteiger partial charge in [0, 0.05) is 24.2 Å². The molecule has 5 rings (SSSR count). The van der Waals surface area contributed by atoms with Gasteiger partial charge in [0.25, 0.3) is 5.91 Å². The molecule has 1 aliphatic heterocycles. The molecule has 1 N–H and O–H groups in total. The van der Waals surface area contributed by atoms with E-state index >= 15 is 0 Å². The van der Waals surface area contributed by atoms with Gasteiger partial charge in [0.2, 0.25) is 6.79 Å². The summed E-state index contributed by atoms with van der Waals surface area (Å²) in [6, 6.07) is 18.3. The molecule has 196 valence electrons. The first kappa shape index (κ1) is 25.7. The number of anilines is 1. The molecule has 10 heteroatoms. The third-order valence-corrected chi connectivity index (χ3v) is 6.79. The van der Waals surface area contributed by atoms with Crippen molar-refractivity contribution in [3.63, 3.8) is 0 Å². The summed E-state index contributed by atoms with van der Waals surface area (Å²) in [4.78, 5) is 19.2. The van der Waals surface area contributed by atoms with E-state index in [2.05, 4.69) is 10.3 Å². The lowest BCUT2D eigenvalue weighted by molar-refractivity contribution is -0.137. The molecule has 0 spiro atoms. The Labute approximate surface area is 221 Å². The maximum absolute atomic E-state index is 13.3. The fourth-order valence-corrected chi connectivity index (χ4v) is 4.90. The van der Waals surface area contributed by atoms with Gasteiger partial charge >= 0.3 is 6.18 Å². The number of amides is 1. The number of aryl methyl sites for hydroxylation is 1. The van der Waals surface area contributed by atoms with Crippen molar-refractivity contribution in [2.24, 2.45) is 0 Å². The Balaban J connectivity index is 1.34. The Morgan fingerprint density at radius 3 is 2.47 bits per heavy atom. The molecule has 2 heterocycles. The lowest BCUT2D eigenvalue weighted by Crippen LogP contribution is -2.23. The Bertz CT molecular complexity index is 1440. The molecule has 1 aromatic heterocycles. The molecular weight excluding hydrogens is 515 g/mol. The first-order valence-corrected chi connectivity index (χ1v) is 12.7. The predicted octanol–water partition coefficient (Wildman–Crippen LogP) is 6.65. The molecule has 0 bridgehead atoms. The summed E-state index contributed by atoms with van der Waals surface area (Å²) in [5.74, 6) is 0.963. The van der Waals surface area contributed by atoms with Crippen molar-refractivity contribution < 1.29 is 27.4 Å². The average Bonchev–Trinajstić information content (AvgIpc) is 3.54. The Morgan fingerprint density at radius 2 is 1.71 bits per heavy atom. The zero-order chi connectivity index (χ0) is 26.7. The van der Waals surface area contributed by atoms with Crippen LogP contribution in [0.5, 0.6) is 11.5 Å². The third-order valence-electron chi connectivity index (χ3n) is 5.96. The normalized spacial score (nSPS) is 12.7. The summed E-state index contributed by atoms with van der Waals surface area (Å²) >= 11 is 1.33. The van der Waals surface area contributed by atoms with Gasteiger partial charge in [-0.2, -0.15) is 13.2 Å². The number of aromatic nitrogens is 1. The number of fused-ring (bicyclic) bond motifs is 1. The SMILES string of the molecule is Cc1ccc(NC(=O)c2csc(CN(Cc3cccc(C(F)(F)F)c3)Cc3ccc4c(c3)OCO4)n2)cc1. The van der Waals surface area contributed by atoms with Gasteiger partial charge in [-0.15, -0.1) is 11.3 Å². The monoisotopic (exact) mass is 539 g/mol. The molecule has 1 aliphatic rings. The van der Waals surface area contributed by atoms with Crippen molar-refractivity contribution in [2.45, 2.75) is 32.7 Å². The molecule has 1 amide bonds. The van der Waals surface area contributed by atoms with Crippen LogP contribution in [0.15, 0.2) is 72.1 Å². The molecule has 0 fully saturated rings. The number of hydrogen-bond acceptors (Lipinski definition) is 6. The molecule has 0 radical (unpaired) electrons. The lowest BCUT2D eigenvalue weighted by Gasteiger charge is -2.22. The summed E-state index contributed by atoms with van der Waals surface area (Å²) in [5, 5.41) is 5.19. The van der Waals surface area contributed by atoms with Gasteiger partial charge in [0.05, 0.1) is 12.1 Å². The van der Waals surface area contributed by atoms with E-state index in [1.54, 1.807) is 11.4 Å². The number of ether oxygens (including phenoxy) is 2. The van der Waals surface area contributed by atoms with Crippen LogP contribution in [0.1, 0.15) is 37.7 Å². The number of rotatable bonds is 8. The molecule has 0 atom stereocenters. The molecule has 0 saturated carbocycles. The number of halogens is 3. The molecular formula is C28H24F3N3O3S. The maximum atomic E-state index is 13.3. The zero-order valence-corrected chi connectivity index (χ0v) is 21.2. The van der Waals surface area contributed by atoms with Crippen molar-refractivity contribution >= 4 is 22.9 Å². The molecule has 6 nitrogen and oxygen atoms in total. The Hall–Kier alpha value is -3.89. The van der Waals surface area contributed by atoms with Crippen LogP contribution < -0.4 is 14.8 Å². The largest absolute Gasteiger partial charge is 0.454 e. The third kappa shape index (κ3) is 6.32. The number of benzene rings is 3. The van der Waals surface area contributed by atoms with E-state index in [1.165, 1.54) is 17.4 Å². The summed E-state index contributed by atoms with van der Waals surface area (Å²) in [7, 11) is 0. The van der Waals surface area contributed by atoms with Crippen LogP contribution in [0, 0.1) is 6.92 Å². The zero-order valence-electron chi connectivity index (χ0n) is 20.4. The van der Waals surface area contributed by atoms with E-state index in [9.17, 15) is 18.0 Å². The highest BCUT2D eigenvalue weighted by Crippen LogP contribution is 2.33. The number of thiazole rings is 1. The van der Waals surface area contributed by atoms with Crippen LogP contribution in [-0.4, -0.2) is 22.6 Å². The molecule has 0 aliphatic carbocycles. The topological polar surface area (TPSA) is 63.7 Å². The van der Waals surface area contributed by atoms with Crippen molar-refractivity contribution in [1.29, 1.82) is 0 Å². The summed E-state index contributed by atoms with van der Waals surface area (Å²) in [6.07, 6.45) is -4.42. The number of hydrogen-bond donors (Lipinski definition) is 1. The van der Waals surface area contributed by atoms with Crippen molar-refractivity contribution in [1.82, 2.24) is 9.88 Å². The van der Waals surface area contributed by atoms with E-state index in [1.807, 2.05) is 54.3 Å². The van der Waals surface area contributed by atoms with Gasteiger partial charge in [-0.25, -0.2) is 4.98 Å². The smallest absolute Gasteiger partial charge is 0.416 e. The highest BCUT2D eigenvalue weighted by atomic mass is 32.1. The first-order valence-electron chi connectivity index (χ1n) is 11.8. The van der Waals surface area contributed by atoms with Gasteiger partial charge in [-0.3, -0.25) is 9.69 Å². The number of carbonyl (C=O) groups is 1. The van der Waals surface area contributed by atoms with Crippen LogP contribution >= 0.6 is 11.3 Å². The minimum Gasteiger partial charge on any atom is -0.454 e. The average molecular weight is 540 g/mol. The minimum atomic E-state index is -4.42. The van der Waals surface area contributed by atoms with E-state index < -0.39 is 11.7 Å². The van der Waals surface area contributed by atoms with Crippen LogP contribution in [0.25, 0.3) is 0 Å². The second-order valence-corrected chi connectivity index (χ2v) is 9.92. The van der Waals surface area contributed by atoms with Crippen molar-refractivity contribution in [3.05, 3.63) is 105 Å². The fourth-order valence-electron chi connectivity index (χ4n) is 4.08. The summed E-state index contributed by atoms with van der Waals surface area (Å²) in [5.41, 5.74) is 2.78. The highest BCUT2D eigenvalue weighted by Gasteiger charge is 2.30. The quantitative estimate of drug-likeness (QED) is 0.272. The molecule has 4 aromatic rings. The van der Waals surface area contributed by atoms with E-state index in [0.29, 0.717) is 40.8 Å². The highest BCUT2D eigenvalue weighted by molar-refractivity contribution is 7.09. The van der Waals surface area contributed by atoms with Gasteiger partial charge in [0.1, 0.15) is 10.7 Å². The number of nitrogens with one attached hydrogen (secondary N) is 1. The second kappa shape index (κ2) is 10.8. The van der Waals surface area contributed by atoms with Gasteiger partial charge in [-0.05, 0) is 48.4 Å². The molecule has 3 aromatic carbocycles. The van der Waals surface area contributed by atoms with Crippen LogP contribution in [0.4, 0.5) is 18.9 Å². The Morgan fingerprint density at radius 1 is 0.974 bits per heavy atom. The van der Waals surface area contributed by atoms with Crippen molar-refractivity contribution in [3.8, 4) is 11.5 Å². The molecule has 0 saturated heterocycles. The predicted molar refractivity (Wildman–Crippen MR) is 138 cm³/mol. The van der Waals surface area contributed by atoms with E-state index in [-0.39, 0.29) is 24.9 Å². The van der Waals surface area contributed by atoms with Gasteiger partial charge in [0.15, 0.2) is 11.5 Å². The summed E-state index contributed by atoms with van der Waals surface area (Å²) < 4.78 is 50.7.